The fourth-order valence-electron chi connectivity index (χ4n) is 2.13. The molecule has 0 fully saturated rings. The molecular formula is C14H12N6O2. The minimum Gasteiger partial charge on any atom is -0.391 e. The lowest BCUT2D eigenvalue weighted by molar-refractivity contribution is 0.0119. The lowest BCUT2D eigenvalue weighted by Gasteiger charge is -2.07. The second kappa shape index (κ2) is 5.32. The summed E-state index contributed by atoms with van der Waals surface area (Å²) in [6.07, 6.45) is 0. The highest BCUT2D eigenvalue weighted by atomic mass is 16.7. The summed E-state index contributed by atoms with van der Waals surface area (Å²) in [6.45, 7) is 0.614. The molecule has 2 aromatic carbocycles. The quantitative estimate of drug-likeness (QED) is 0.505. The van der Waals surface area contributed by atoms with Crippen molar-refractivity contribution in [2.24, 2.45) is 0 Å². The summed E-state index contributed by atoms with van der Waals surface area (Å²) in [5, 5.41) is 15.9. The Morgan fingerprint density at radius 1 is 0.682 bits per heavy atom. The number of hydrogen-bond donors (Lipinski definition) is 0. The Labute approximate surface area is 124 Å². The van der Waals surface area contributed by atoms with Crippen molar-refractivity contribution in [3.63, 3.8) is 0 Å². The van der Waals surface area contributed by atoms with Crippen LogP contribution in [0.15, 0.2) is 48.5 Å². The van der Waals surface area contributed by atoms with Gasteiger partial charge in [0, 0.05) is 0 Å². The predicted octanol–water partition coefficient (Wildman–Crippen LogP) is 0.733. The van der Waals surface area contributed by atoms with Crippen molar-refractivity contribution in [2.75, 3.05) is 13.2 Å². The number of aromatic nitrogens is 6. The van der Waals surface area contributed by atoms with Crippen LogP contribution in [0.25, 0.3) is 22.1 Å². The maximum Gasteiger partial charge on any atom is 0.153 e. The van der Waals surface area contributed by atoms with Crippen LogP contribution in [0.4, 0.5) is 0 Å². The van der Waals surface area contributed by atoms with Gasteiger partial charge in [0.05, 0.1) is 0 Å². The van der Waals surface area contributed by atoms with E-state index in [-0.39, 0.29) is 0 Å². The van der Waals surface area contributed by atoms with E-state index >= 15 is 0 Å². The average molecular weight is 296 g/mol. The zero-order valence-electron chi connectivity index (χ0n) is 11.5. The van der Waals surface area contributed by atoms with Gasteiger partial charge in [-0.1, -0.05) is 34.0 Å². The van der Waals surface area contributed by atoms with Gasteiger partial charge in [0.15, 0.2) is 13.2 Å². The second-order valence-corrected chi connectivity index (χ2v) is 4.57. The first-order valence-electron chi connectivity index (χ1n) is 6.79. The zero-order chi connectivity index (χ0) is 14.8. The Morgan fingerprint density at radius 3 is 1.64 bits per heavy atom. The Hall–Kier alpha value is -3.16. The van der Waals surface area contributed by atoms with Gasteiger partial charge in [-0.15, -0.1) is 10.2 Å². The van der Waals surface area contributed by atoms with E-state index in [1.54, 1.807) is 0 Å². The van der Waals surface area contributed by atoms with Crippen molar-refractivity contribution >= 4 is 22.1 Å². The van der Waals surface area contributed by atoms with Crippen LogP contribution in [0, 0.1) is 0 Å². The van der Waals surface area contributed by atoms with Gasteiger partial charge in [-0.05, 0) is 34.7 Å². The number of para-hydroxylation sites is 2. The van der Waals surface area contributed by atoms with Crippen LogP contribution < -0.4 is 9.68 Å². The third kappa shape index (κ3) is 2.20. The first-order valence-corrected chi connectivity index (χ1v) is 6.79. The van der Waals surface area contributed by atoms with Gasteiger partial charge in [-0.3, -0.25) is 0 Å². The third-order valence-electron chi connectivity index (χ3n) is 3.15. The number of benzene rings is 2. The SMILES string of the molecule is c1ccc2c(c1)nnn2OCCOn1nnc2ccccc21. The molecule has 0 amide bonds. The zero-order valence-corrected chi connectivity index (χ0v) is 11.5. The molecule has 2 heterocycles. The average Bonchev–Trinajstić information content (AvgIpc) is 3.16. The minimum absolute atomic E-state index is 0.307. The van der Waals surface area contributed by atoms with Crippen molar-refractivity contribution in [3.8, 4) is 0 Å². The largest absolute Gasteiger partial charge is 0.391 e. The number of fused-ring (bicyclic) bond motifs is 2. The second-order valence-electron chi connectivity index (χ2n) is 4.57. The molecule has 0 aliphatic heterocycles. The molecule has 0 aliphatic rings. The molecule has 2 aromatic heterocycles. The molecule has 0 radical (unpaired) electrons. The van der Waals surface area contributed by atoms with Crippen LogP contribution in [-0.4, -0.2) is 43.5 Å². The Morgan fingerprint density at radius 2 is 1.14 bits per heavy atom. The maximum absolute atomic E-state index is 5.53. The lowest BCUT2D eigenvalue weighted by atomic mass is 10.3. The fraction of sp³-hybridized carbons (Fsp3) is 0.143. The van der Waals surface area contributed by atoms with Crippen molar-refractivity contribution < 1.29 is 9.68 Å². The molecule has 0 atom stereocenters. The van der Waals surface area contributed by atoms with Crippen molar-refractivity contribution in [3.05, 3.63) is 48.5 Å². The lowest BCUT2D eigenvalue weighted by Crippen LogP contribution is -2.24. The van der Waals surface area contributed by atoms with Crippen LogP contribution in [0.2, 0.25) is 0 Å². The van der Waals surface area contributed by atoms with Gasteiger partial charge < -0.3 is 9.68 Å². The van der Waals surface area contributed by atoms with E-state index in [0.29, 0.717) is 13.2 Å². The van der Waals surface area contributed by atoms with E-state index in [4.69, 9.17) is 9.68 Å². The fourth-order valence-corrected chi connectivity index (χ4v) is 2.13. The highest BCUT2D eigenvalue weighted by Crippen LogP contribution is 2.09. The predicted molar refractivity (Wildman–Crippen MR) is 78.0 cm³/mol. The van der Waals surface area contributed by atoms with Crippen molar-refractivity contribution in [1.29, 1.82) is 0 Å². The summed E-state index contributed by atoms with van der Waals surface area (Å²) in [6, 6.07) is 15.1. The van der Waals surface area contributed by atoms with E-state index < -0.39 is 0 Å². The van der Waals surface area contributed by atoms with E-state index in [1.807, 2.05) is 48.5 Å². The van der Waals surface area contributed by atoms with Gasteiger partial charge in [-0.25, -0.2) is 0 Å². The molecule has 4 rings (SSSR count). The highest BCUT2D eigenvalue weighted by molar-refractivity contribution is 5.74. The maximum atomic E-state index is 5.53. The van der Waals surface area contributed by atoms with E-state index in [1.165, 1.54) is 9.69 Å². The normalized spacial score (nSPS) is 11.1. The summed E-state index contributed by atoms with van der Waals surface area (Å²) in [5.74, 6) is 0. The van der Waals surface area contributed by atoms with Gasteiger partial charge in [0.25, 0.3) is 0 Å². The highest BCUT2D eigenvalue weighted by Gasteiger charge is 2.05. The monoisotopic (exact) mass is 296 g/mol. The molecule has 22 heavy (non-hydrogen) atoms. The summed E-state index contributed by atoms with van der Waals surface area (Å²) < 4.78 is 0. The molecule has 110 valence electrons. The van der Waals surface area contributed by atoms with Gasteiger partial charge in [-0.2, -0.15) is 0 Å². The Balaban J connectivity index is 1.39. The molecule has 4 aromatic rings. The molecule has 0 unspecified atom stereocenters. The van der Waals surface area contributed by atoms with Crippen molar-refractivity contribution in [2.45, 2.75) is 0 Å². The van der Waals surface area contributed by atoms with E-state index in [0.717, 1.165) is 22.1 Å². The molecular weight excluding hydrogens is 284 g/mol. The van der Waals surface area contributed by atoms with Gasteiger partial charge in [0.1, 0.15) is 22.1 Å². The van der Waals surface area contributed by atoms with Crippen LogP contribution in [0.3, 0.4) is 0 Å². The van der Waals surface area contributed by atoms with Gasteiger partial charge in [0.2, 0.25) is 0 Å². The van der Waals surface area contributed by atoms with Crippen molar-refractivity contribution in [1.82, 2.24) is 30.3 Å². The van der Waals surface area contributed by atoms with Crippen LogP contribution in [-0.2, 0) is 0 Å². The summed E-state index contributed by atoms with van der Waals surface area (Å²) in [7, 11) is 0. The Bertz CT molecular complexity index is 840. The van der Waals surface area contributed by atoms with Gasteiger partial charge >= 0.3 is 0 Å². The first-order chi connectivity index (χ1) is 10.9. The summed E-state index contributed by atoms with van der Waals surface area (Å²) in [5.41, 5.74) is 3.19. The standard InChI is InChI=1S/C14H12N6O2/c1-3-7-13-11(5-1)15-17-19(13)21-9-10-22-20-14-8-4-2-6-12(14)16-18-20/h1-8H,9-10H2. The smallest absolute Gasteiger partial charge is 0.153 e. The van der Waals surface area contributed by atoms with E-state index in [9.17, 15) is 0 Å². The molecule has 0 N–H and O–H groups in total. The van der Waals surface area contributed by atoms with Crippen LogP contribution in [0.5, 0.6) is 0 Å². The molecule has 8 nitrogen and oxygen atoms in total. The minimum atomic E-state index is 0.307. The molecule has 0 saturated heterocycles. The molecule has 0 bridgehead atoms. The number of hydrogen-bond acceptors (Lipinski definition) is 6. The molecule has 8 heteroatoms. The molecule has 0 saturated carbocycles. The molecule has 0 aliphatic carbocycles. The topological polar surface area (TPSA) is 79.9 Å². The first kappa shape index (κ1) is 12.6. The summed E-state index contributed by atoms with van der Waals surface area (Å²) >= 11 is 0. The summed E-state index contributed by atoms with van der Waals surface area (Å²) in [4.78, 5) is 13.8. The van der Waals surface area contributed by atoms with Crippen LogP contribution in [0.1, 0.15) is 0 Å². The third-order valence-corrected chi connectivity index (χ3v) is 3.15. The van der Waals surface area contributed by atoms with E-state index in [2.05, 4.69) is 20.6 Å². The Kier molecular flexibility index (Phi) is 3.04. The van der Waals surface area contributed by atoms with Crippen LogP contribution >= 0.6 is 0 Å². The molecule has 0 spiro atoms. The number of rotatable bonds is 5. The number of nitrogens with zero attached hydrogens (tertiary/aromatic N) is 6.